The molecule has 2 unspecified atom stereocenters. The summed E-state index contributed by atoms with van der Waals surface area (Å²) in [4.78, 5) is 12.3. The summed E-state index contributed by atoms with van der Waals surface area (Å²) in [6.07, 6.45) is 0. The van der Waals surface area contributed by atoms with Gasteiger partial charge in [-0.15, -0.1) is 0 Å². The summed E-state index contributed by atoms with van der Waals surface area (Å²) in [6.45, 7) is 5.34. The van der Waals surface area contributed by atoms with E-state index in [2.05, 4.69) is 10.0 Å². The van der Waals surface area contributed by atoms with Crippen LogP contribution in [0.3, 0.4) is 0 Å². The van der Waals surface area contributed by atoms with Crippen LogP contribution in [0.15, 0.2) is 47.4 Å². The first kappa shape index (κ1) is 22.1. The molecule has 0 spiro atoms. The van der Waals surface area contributed by atoms with Crippen LogP contribution in [-0.4, -0.2) is 27.0 Å². The van der Waals surface area contributed by atoms with Gasteiger partial charge in [0.2, 0.25) is 15.9 Å². The third kappa shape index (κ3) is 5.67. The van der Waals surface area contributed by atoms with Gasteiger partial charge in [-0.05, 0) is 56.7 Å². The standard InChI is InChI=1S/C19H22ClFN2O4S/c1-4-27-18-10-9-16(11-17(18)20)28(25,26)23-13(3)19(24)22-12(2)14-5-7-15(21)8-6-14/h5-13,23H,4H2,1-3H3,(H,22,24). The van der Waals surface area contributed by atoms with Gasteiger partial charge >= 0.3 is 0 Å². The molecule has 0 bridgehead atoms. The van der Waals surface area contributed by atoms with E-state index in [-0.39, 0.29) is 15.7 Å². The highest BCUT2D eigenvalue weighted by molar-refractivity contribution is 7.89. The third-order valence-corrected chi connectivity index (χ3v) is 5.80. The van der Waals surface area contributed by atoms with Crippen LogP contribution >= 0.6 is 11.6 Å². The summed E-state index contributed by atoms with van der Waals surface area (Å²) in [5.74, 6) is -0.517. The fourth-order valence-electron chi connectivity index (χ4n) is 2.45. The second-order valence-corrected chi connectivity index (χ2v) is 8.27. The second kappa shape index (κ2) is 9.36. The number of ether oxygens (including phenoxy) is 1. The van der Waals surface area contributed by atoms with Gasteiger partial charge in [0.15, 0.2) is 0 Å². The van der Waals surface area contributed by atoms with Crippen LogP contribution < -0.4 is 14.8 Å². The van der Waals surface area contributed by atoms with Crippen LogP contribution in [0.1, 0.15) is 32.4 Å². The first-order chi connectivity index (χ1) is 13.1. The predicted octanol–water partition coefficient (Wildman–Crippen LogP) is 3.42. The van der Waals surface area contributed by atoms with Crippen molar-refractivity contribution in [3.63, 3.8) is 0 Å². The van der Waals surface area contributed by atoms with Gasteiger partial charge in [-0.3, -0.25) is 4.79 Å². The highest BCUT2D eigenvalue weighted by atomic mass is 35.5. The summed E-state index contributed by atoms with van der Waals surface area (Å²) in [6, 6.07) is 8.32. The lowest BCUT2D eigenvalue weighted by Crippen LogP contribution is -2.45. The number of carbonyl (C=O) groups excluding carboxylic acids is 1. The summed E-state index contributed by atoms with van der Waals surface area (Å²) >= 11 is 6.04. The van der Waals surface area contributed by atoms with E-state index in [0.29, 0.717) is 17.9 Å². The summed E-state index contributed by atoms with van der Waals surface area (Å²) < 4.78 is 45.7. The Bertz CT molecular complexity index is 935. The second-order valence-electron chi connectivity index (χ2n) is 6.15. The molecule has 2 aromatic rings. The van der Waals surface area contributed by atoms with Crippen molar-refractivity contribution in [2.75, 3.05) is 6.61 Å². The van der Waals surface area contributed by atoms with E-state index in [1.807, 2.05) is 0 Å². The largest absolute Gasteiger partial charge is 0.492 e. The third-order valence-electron chi connectivity index (χ3n) is 3.97. The Morgan fingerprint density at radius 2 is 1.82 bits per heavy atom. The predicted molar refractivity (Wildman–Crippen MR) is 105 cm³/mol. The molecule has 6 nitrogen and oxygen atoms in total. The van der Waals surface area contributed by atoms with E-state index in [1.165, 1.54) is 37.3 Å². The molecule has 1 amide bonds. The summed E-state index contributed by atoms with van der Waals surface area (Å²) in [7, 11) is -3.97. The average molecular weight is 429 g/mol. The first-order valence-electron chi connectivity index (χ1n) is 8.64. The van der Waals surface area contributed by atoms with Gasteiger partial charge in [0.1, 0.15) is 11.6 Å². The minimum atomic E-state index is -3.97. The Labute approximate surface area is 169 Å². The molecule has 0 aliphatic rings. The Morgan fingerprint density at radius 1 is 1.18 bits per heavy atom. The van der Waals surface area contributed by atoms with Crippen molar-refractivity contribution in [2.45, 2.75) is 37.8 Å². The van der Waals surface area contributed by atoms with Gasteiger partial charge < -0.3 is 10.1 Å². The number of hydrogen-bond acceptors (Lipinski definition) is 4. The minimum absolute atomic E-state index is 0.0767. The number of benzene rings is 2. The molecule has 0 radical (unpaired) electrons. The average Bonchev–Trinajstić information content (AvgIpc) is 2.63. The maximum atomic E-state index is 13.0. The van der Waals surface area contributed by atoms with E-state index in [9.17, 15) is 17.6 Å². The van der Waals surface area contributed by atoms with E-state index in [4.69, 9.17) is 16.3 Å². The van der Waals surface area contributed by atoms with Crippen molar-refractivity contribution in [3.05, 3.63) is 58.9 Å². The molecule has 2 atom stereocenters. The summed E-state index contributed by atoms with van der Waals surface area (Å²) in [5, 5.41) is 2.85. The van der Waals surface area contributed by atoms with E-state index >= 15 is 0 Å². The monoisotopic (exact) mass is 428 g/mol. The molecule has 0 heterocycles. The van der Waals surface area contributed by atoms with Crippen LogP contribution in [0.5, 0.6) is 5.75 Å². The molecule has 28 heavy (non-hydrogen) atoms. The normalized spacial score (nSPS) is 13.6. The number of hydrogen-bond donors (Lipinski definition) is 2. The van der Waals surface area contributed by atoms with Crippen LogP contribution in [0.2, 0.25) is 5.02 Å². The zero-order chi connectivity index (χ0) is 20.9. The molecule has 152 valence electrons. The Hall–Kier alpha value is -2.16. The lowest BCUT2D eigenvalue weighted by Gasteiger charge is -2.19. The molecular formula is C19H22ClFN2O4S. The van der Waals surface area contributed by atoms with Crippen LogP contribution in [0.25, 0.3) is 0 Å². The van der Waals surface area contributed by atoms with E-state index < -0.39 is 28.0 Å². The molecule has 0 aliphatic heterocycles. The van der Waals surface area contributed by atoms with Crippen molar-refractivity contribution < 1.29 is 22.3 Å². The highest BCUT2D eigenvalue weighted by Gasteiger charge is 2.24. The Kier molecular flexibility index (Phi) is 7.40. The number of sulfonamides is 1. The van der Waals surface area contributed by atoms with Crippen molar-refractivity contribution in [3.8, 4) is 5.75 Å². The molecule has 0 aromatic heterocycles. The molecule has 2 N–H and O–H groups in total. The fraction of sp³-hybridized carbons (Fsp3) is 0.316. The molecule has 2 rings (SSSR count). The number of halogens is 2. The Morgan fingerprint density at radius 3 is 2.39 bits per heavy atom. The van der Waals surface area contributed by atoms with Crippen LogP contribution in [-0.2, 0) is 14.8 Å². The smallest absolute Gasteiger partial charge is 0.241 e. The van der Waals surface area contributed by atoms with Crippen molar-refractivity contribution in [2.24, 2.45) is 0 Å². The van der Waals surface area contributed by atoms with E-state index in [1.54, 1.807) is 26.0 Å². The van der Waals surface area contributed by atoms with Crippen molar-refractivity contribution in [1.29, 1.82) is 0 Å². The van der Waals surface area contributed by atoms with Gasteiger partial charge in [0, 0.05) is 0 Å². The zero-order valence-corrected chi connectivity index (χ0v) is 17.3. The quantitative estimate of drug-likeness (QED) is 0.674. The SMILES string of the molecule is CCOc1ccc(S(=O)(=O)NC(C)C(=O)NC(C)c2ccc(F)cc2)cc1Cl. The molecular weight excluding hydrogens is 407 g/mol. The molecule has 2 aromatic carbocycles. The lowest BCUT2D eigenvalue weighted by atomic mass is 10.1. The summed E-state index contributed by atoms with van der Waals surface area (Å²) in [5.41, 5.74) is 0.697. The highest BCUT2D eigenvalue weighted by Crippen LogP contribution is 2.27. The number of rotatable bonds is 8. The minimum Gasteiger partial charge on any atom is -0.492 e. The maximum absolute atomic E-state index is 13.0. The van der Waals surface area contributed by atoms with Gasteiger partial charge in [-0.2, -0.15) is 4.72 Å². The van der Waals surface area contributed by atoms with Crippen molar-refractivity contribution >= 4 is 27.5 Å². The Balaban J connectivity index is 2.05. The molecule has 0 aliphatic carbocycles. The van der Waals surface area contributed by atoms with Gasteiger partial charge in [0.25, 0.3) is 0 Å². The first-order valence-corrected chi connectivity index (χ1v) is 10.5. The lowest BCUT2D eigenvalue weighted by molar-refractivity contribution is -0.123. The van der Waals surface area contributed by atoms with Gasteiger partial charge in [-0.25, -0.2) is 12.8 Å². The molecule has 0 saturated carbocycles. The topological polar surface area (TPSA) is 84.5 Å². The van der Waals surface area contributed by atoms with Gasteiger partial charge in [-0.1, -0.05) is 23.7 Å². The van der Waals surface area contributed by atoms with Crippen LogP contribution in [0.4, 0.5) is 4.39 Å². The molecule has 9 heteroatoms. The van der Waals surface area contributed by atoms with Crippen molar-refractivity contribution in [1.82, 2.24) is 10.0 Å². The number of amides is 1. The van der Waals surface area contributed by atoms with E-state index in [0.717, 1.165) is 0 Å². The zero-order valence-electron chi connectivity index (χ0n) is 15.7. The van der Waals surface area contributed by atoms with Gasteiger partial charge in [0.05, 0.1) is 28.6 Å². The molecule has 0 saturated heterocycles. The number of nitrogens with one attached hydrogen (secondary N) is 2. The molecule has 0 fully saturated rings. The fourth-order valence-corrected chi connectivity index (χ4v) is 3.98. The van der Waals surface area contributed by atoms with Crippen LogP contribution in [0, 0.1) is 5.82 Å². The number of carbonyl (C=O) groups is 1. The maximum Gasteiger partial charge on any atom is 0.241 e.